The number of carbonyl (C=O) groups excluding carboxylic acids is 1. The average Bonchev–Trinajstić information content (AvgIpc) is 2.77. The van der Waals surface area contributed by atoms with Crippen molar-refractivity contribution in [3.63, 3.8) is 0 Å². The van der Waals surface area contributed by atoms with E-state index < -0.39 is 5.83 Å². The molecule has 7 nitrogen and oxygen atoms in total. The van der Waals surface area contributed by atoms with Gasteiger partial charge in [-0.3, -0.25) is 10.2 Å². The molecule has 2 aliphatic rings. The van der Waals surface area contributed by atoms with Crippen molar-refractivity contribution in [2.75, 3.05) is 26.7 Å². The number of halogens is 1. The molecule has 5 N–H and O–H groups in total. The number of likely N-dealkylation sites (tertiary alicyclic amines) is 2. The quantitative estimate of drug-likeness (QED) is 0.427. The fourth-order valence-electron chi connectivity index (χ4n) is 4.08. The van der Waals surface area contributed by atoms with Crippen molar-refractivity contribution in [3.8, 4) is 0 Å². The summed E-state index contributed by atoms with van der Waals surface area (Å²) in [7, 11) is 1.52. The first-order chi connectivity index (χ1) is 14.0. The van der Waals surface area contributed by atoms with E-state index in [4.69, 9.17) is 11.1 Å². The van der Waals surface area contributed by atoms with Gasteiger partial charge in [0.05, 0.1) is 6.04 Å². The Hall–Kier alpha value is -2.61. The van der Waals surface area contributed by atoms with Gasteiger partial charge in [-0.1, -0.05) is 30.3 Å². The second-order valence-corrected chi connectivity index (χ2v) is 7.66. The summed E-state index contributed by atoms with van der Waals surface area (Å²) < 4.78 is 14.3. The summed E-state index contributed by atoms with van der Waals surface area (Å²) in [4.78, 5) is 16.7. The van der Waals surface area contributed by atoms with E-state index in [9.17, 15) is 9.18 Å². The molecule has 29 heavy (non-hydrogen) atoms. The van der Waals surface area contributed by atoms with Crippen LogP contribution in [0.5, 0.6) is 0 Å². The molecule has 1 aromatic rings. The molecule has 1 unspecified atom stereocenters. The third-order valence-corrected chi connectivity index (χ3v) is 5.74. The van der Waals surface area contributed by atoms with E-state index in [1.807, 2.05) is 35.2 Å². The highest BCUT2D eigenvalue weighted by molar-refractivity contribution is 5.94. The Morgan fingerprint density at radius 3 is 2.69 bits per heavy atom. The summed E-state index contributed by atoms with van der Waals surface area (Å²) in [6.07, 6.45) is 3.44. The number of piperidine rings is 2. The Balaban J connectivity index is 1.61. The van der Waals surface area contributed by atoms with Crippen molar-refractivity contribution in [2.45, 2.75) is 44.3 Å². The molecule has 0 radical (unpaired) electrons. The van der Waals surface area contributed by atoms with Crippen LogP contribution in [0, 0.1) is 5.41 Å². The number of nitrogens with zero attached hydrogens (tertiary/aromatic N) is 2. The first-order valence-corrected chi connectivity index (χ1v) is 10.3. The fourth-order valence-corrected chi connectivity index (χ4v) is 4.08. The smallest absolute Gasteiger partial charge is 0.240 e. The number of hydrogen-bond acceptors (Lipinski definition) is 5. The highest BCUT2D eigenvalue weighted by Gasteiger charge is 2.36. The molecular formula is C21H31FN6O. The van der Waals surface area contributed by atoms with Crippen molar-refractivity contribution in [1.29, 1.82) is 5.41 Å². The molecule has 0 saturated carbocycles. The summed E-state index contributed by atoms with van der Waals surface area (Å²) in [5, 5.41) is 14.1. The predicted molar refractivity (Wildman–Crippen MR) is 112 cm³/mol. The Bertz CT molecular complexity index is 753. The van der Waals surface area contributed by atoms with E-state index in [0.29, 0.717) is 26.2 Å². The Morgan fingerprint density at radius 2 is 1.97 bits per heavy atom. The zero-order valence-corrected chi connectivity index (χ0v) is 17.0. The SMILES string of the molecule is CN/C(N)=C(/F)C(=N)N1CCC[C@@H](N2CCCC(NCc3ccccc3)C2=O)C1. The van der Waals surface area contributed by atoms with Crippen LogP contribution in [-0.2, 0) is 11.3 Å². The second-order valence-electron chi connectivity index (χ2n) is 7.66. The number of amidine groups is 1. The maximum atomic E-state index is 14.3. The summed E-state index contributed by atoms with van der Waals surface area (Å²) in [6, 6.07) is 9.84. The molecule has 0 bridgehead atoms. The largest absolute Gasteiger partial charge is 0.383 e. The monoisotopic (exact) mass is 402 g/mol. The van der Waals surface area contributed by atoms with Crippen molar-refractivity contribution in [2.24, 2.45) is 5.73 Å². The van der Waals surface area contributed by atoms with Gasteiger partial charge in [0, 0.05) is 39.3 Å². The van der Waals surface area contributed by atoms with Crippen LogP contribution in [0.15, 0.2) is 42.0 Å². The molecule has 0 aliphatic carbocycles. The lowest BCUT2D eigenvalue weighted by Crippen LogP contribution is -2.58. The van der Waals surface area contributed by atoms with E-state index in [1.54, 1.807) is 4.90 Å². The van der Waals surface area contributed by atoms with Crippen LogP contribution >= 0.6 is 0 Å². The summed E-state index contributed by atoms with van der Waals surface area (Å²) in [5.41, 5.74) is 6.73. The molecule has 2 heterocycles. The van der Waals surface area contributed by atoms with E-state index in [-0.39, 0.29) is 29.6 Å². The van der Waals surface area contributed by atoms with Gasteiger partial charge >= 0.3 is 0 Å². The Labute approximate surface area is 171 Å². The maximum absolute atomic E-state index is 14.3. The number of benzene rings is 1. The first kappa shape index (κ1) is 21.1. The highest BCUT2D eigenvalue weighted by Crippen LogP contribution is 2.23. The number of rotatable bonds is 6. The minimum absolute atomic E-state index is 0.0125. The molecule has 0 aromatic heterocycles. The van der Waals surface area contributed by atoms with E-state index in [0.717, 1.165) is 31.2 Å². The molecule has 3 rings (SSSR count). The molecule has 2 fully saturated rings. The number of amides is 1. The highest BCUT2D eigenvalue weighted by atomic mass is 19.1. The van der Waals surface area contributed by atoms with Crippen molar-refractivity contribution < 1.29 is 9.18 Å². The molecule has 1 aromatic carbocycles. The molecule has 2 atom stereocenters. The zero-order valence-electron chi connectivity index (χ0n) is 17.0. The number of hydrogen-bond donors (Lipinski definition) is 4. The van der Waals surface area contributed by atoms with Crippen LogP contribution in [0.3, 0.4) is 0 Å². The van der Waals surface area contributed by atoms with E-state index in [2.05, 4.69) is 10.6 Å². The lowest BCUT2D eigenvalue weighted by Gasteiger charge is -2.43. The van der Waals surface area contributed by atoms with Crippen molar-refractivity contribution in [3.05, 3.63) is 47.5 Å². The molecular weight excluding hydrogens is 371 g/mol. The predicted octanol–water partition coefficient (Wildman–Crippen LogP) is 1.53. The number of nitrogens with two attached hydrogens (primary N) is 1. The van der Waals surface area contributed by atoms with E-state index in [1.165, 1.54) is 7.05 Å². The topological polar surface area (TPSA) is 97.5 Å². The third kappa shape index (κ3) is 5.06. The Kier molecular flexibility index (Phi) is 7.09. The molecule has 0 spiro atoms. The summed E-state index contributed by atoms with van der Waals surface area (Å²) >= 11 is 0. The summed E-state index contributed by atoms with van der Waals surface area (Å²) in [6.45, 7) is 2.43. The van der Waals surface area contributed by atoms with Gasteiger partial charge in [-0.25, -0.2) is 0 Å². The van der Waals surface area contributed by atoms with Gasteiger partial charge in [0.1, 0.15) is 5.82 Å². The second kappa shape index (κ2) is 9.73. The van der Waals surface area contributed by atoms with Gasteiger partial charge in [0.25, 0.3) is 0 Å². The minimum Gasteiger partial charge on any atom is -0.383 e. The van der Waals surface area contributed by atoms with E-state index >= 15 is 0 Å². The Morgan fingerprint density at radius 1 is 1.24 bits per heavy atom. The third-order valence-electron chi connectivity index (χ3n) is 5.74. The van der Waals surface area contributed by atoms with Crippen LogP contribution in [0.25, 0.3) is 0 Å². The average molecular weight is 403 g/mol. The van der Waals surface area contributed by atoms with Crippen LogP contribution in [0.2, 0.25) is 0 Å². The van der Waals surface area contributed by atoms with Crippen LogP contribution in [0.1, 0.15) is 31.2 Å². The zero-order chi connectivity index (χ0) is 20.8. The minimum atomic E-state index is -0.750. The standard InChI is InChI=1S/C21H31FN6O/c1-25-19(23)18(22)20(24)27-11-5-9-16(14-27)28-12-6-10-17(21(28)29)26-13-15-7-3-2-4-8-15/h2-4,7-8,16-17,24-26H,5-6,9-14,23H2,1H3/b19-18+,24-20?/t16-,17?/m1/s1. The normalized spacial score (nSPS) is 23.6. The van der Waals surface area contributed by atoms with Gasteiger partial charge in [0.15, 0.2) is 5.84 Å². The van der Waals surface area contributed by atoms with Crippen LogP contribution in [0.4, 0.5) is 4.39 Å². The van der Waals surface area contributed by atoms with Gasteiger partial charge in [-0.2, -0.15) is 4.39 Å². The lowest BCUT2D eigenvalue weighted by molar-refractivity contribution is -0.139. The first-order valence-electron chi connectivity index (χ1n) is 10.3. The molecule has 2 saturated heterocycles. The van der Waals surface area contributed by atoms with Gasteiger partial charge in [0.2, 0.25) is 11.7 Å². The van der Waals surface area contributed by atoms with Crippen LogP contribution < -0.4 is 16.4 Å². The lowest BCUT2D eigenvalue weighted by atomic mass is 9.97. The van der Waals surface area contributed by atoms with Crippen molar-refractivity contribution in [1.82, 2.24) is 20.4 Å². The molecule has 1 amide bonds. The molecule has 8 heteroatoms. The summed E-state index contributed by atoms with van der Waals surface area (Å²) in [5.74, 6) is -1.00. The maximum Gasteiger partial charge on any atom is 0.240 e. The van der Waals surface area contributed by atoms with Crippen molar-refractivity contribution >= 4 is 11.7 Å². The number of nitrogens with one attached hydrogen (secondary N) is 3. The van der Waals surface area contributed by atoms with Gasteiger partial charge < -0.3 is 26.2 Å². The molecule has 158 valence electrons. The van der Waals surface area contributed by atoms with Gasteiger partial charge in [-0.05, 0) is 31.2 Å². The fraction of sp³-hybridized carbons (Fsp3) is 0.524. The number of carbonyl (C=O) groups is 1. The van der Waals surface area contributed by atoms with Crippen LogP contribution in [-0.4, -0.2) is 60.3 Å². The molecule has 2 aliphatic heterocycles. The van der Waals surface area contributed by atoms with Gasteiger partial charge in [-0.15, -0.1) is 0 Å².